The van der Waals surface area contributed by atoms with E-state index in [0.29, 0.717) is 31.4 Å². The van der Waals surface area contributed by atoms with E-state index in [4.69, 9.17) is 24.8 Å². The predicted molar refractivity (Wildman–Crippen MR) is 206 cm³/mol. The minimum Gasteiger partial charge on any atom is -0.490 e. The number of nitrogens with two attached hydrogens (primary N) is 1. The van der Waals surface area contributed by atoms with Crippen LogP contribution in [0, 0.1) is 23.3 Å². The minimum absolute atomic E-state index is 0.00927. The average molecular weight is 899 g/mol. The number of carbonyl (C=O) groups is 2. The molecular weight excluding hydrogens is 868 g/mol. The molecule has 16 heteroatoms. The minimum atomic E-state index is -0.756. The highest BCUT2D eigenvalue weighted by Crippen LogP contribution is 2.32. The van der Waals surface area contributed by atoms with E-state index in [1.54, 1.807) is 54.6 Å². The van der Waals surface area contributed by atoms with Crippen molar-refractivity contribution in [2.75, 3.05) is 26.4 Å². The van der Waals surface area contributed by atoms with Gasteiger partial charge in [0.05, 0.1) is 0 Å². The van der Waals surface area contributed by atoms with E-state index < -0.39 is 23.4 Å². The highest BCUT2D eigenvalue weighted by molar-refractivity contribution is 9.10. The number of benzene rings is 4. The molecule has 0 spiro atoms. The Bertz CT molecular complexity index is 2270. The third-order valence-electron chi connectivity index (χ3n) is 7.40. The van der Waals surface area contributed by atoms with E-state index in [1.807, 2.05) is 0 Å². The van der Waals surface area contributed by atoms with Gasteiger partial charge in [-0.3, -0.25) is 19.4 Å². The first-order chi connectivity index (χ1) is 27.0. The van der Waals surface area contributed by atoms with Crippen LogP contribution in [0.15, 0.2) is 124 Å². The van der Waals surface area contributed by atoms with Crippen LogP contribution in [0.3, 0.4) is 0 Å². The van der Waals surface area contributed by atoms with Gasteiger partial charge in [0.25, 0.3) is 11.8 Å². The lowest BCUT2D eigenvalue weighted by molar-refractivity contribution is 0.0192. The Kier molecular flexibility index (Phi) is 14.9. The SMILES string of the molecule is NC(=O)c1nccc(-c2ccc(F)cc2)c1OCCOc1cc(F)cc(Br)c1.O=C(NOCCOc1cc(Br)ccc1F)c1cc(-c2ccc(F)cc2)ccn1. The lowest BCUT2D eigenvalue weighted by atomic mass is 10.0. The van der Waals surface area contributed by atoms with Gasteiger partial charge >= 0.3 is 0 Å². The molecule has 288 valence electrons. The monoisotopic (exact) mass is 896 g/mol. The van der Waals surface area contributed by atoms with Crippen LogP contribution < -0.4 is 25.4 Å². The largest absolute Gasteiger partial charge is 0.490 e. The molecule has 4 aromatic carbocycles. The van der Waals surface area contributed by atoms with Gasteiger partial charge in [0.15, 0.2) is 23.0 Å². The summed E-state index contributed by atoms with van der Waals surface area (Å²) in [4.78, 5) is 36.9. The number of pyridine rings is 2. The van der Waals surface area contributed by atoms with Crippen molar-refractivity contribution in [1.29, 1.82) is 0 Å². The van der Waals surface area contributed by atoms with Gasteiger partial charge in [0.1, 0.15) is 55.3 Å². The Morgan fingerprint density at radius 1 is 0.625 bits per heavy atom. The molecule has 56 heavy (non-hydrogen) atoms. The van der Waals surface area contributed by atoms with E-state index >= 15 is 0 Å². The lowest BCUT2D eigenvalue weighted by Crippen LogP contribution is -2.26. The number of nitrogens with one attached hydrogen (secondary N) is 1. The van der Waals surface area contributed by atoms with Crippen molar-refractivity contribution in [2.45, 2.75) is 0 Å². The molecule has 10 nitrogen and oxygen atoms in total. The van der Waals surface area contributed by atoms with Crippen molar-refractivity contribution in [3.8, 4) is 39.5 Å². The van der Waals surface area contributed by atoms with E-state index in [2.05, 4.69) is 47.3 Å². The van der Waals surface area contributed by atoms with Crippen molar-refractivity contribution >= 4 is 43.7 Å². The van der Waals surface area contributed by atoms with Crippen LogP contribution >= 0.6 is 31.9 Å². The summed E-state index contributed by atoms with van der Waals surface area (Å²) in [5.74, 6) is -2.37. The Morgan fingerprint density at radius 2 is 1.29 bits per heavy atom. The zero-order valence-electron chi connectivity index (χ0n) is 29.0. The number of aromatic nitrogens is 2. The van der Waals surface area contributed by atoms with Crippen LogP contribution in [0.4, 0.5) is 17.6 Å². The second kappa shape index (κ2) is 20.2. The molecule has 6 rings (SSSR count). The van der Waals surface area contributed by atoms with Gasteiger partial charge in [-0.2, -0.15) is 0 Å². The molecule has 2 amide bonds. The number of halogens is 6. The summed E-state index contributed by atoms with van der Waals surface area (Å²) in [5, 5.41) is 0. The molecule has 2 aromatic heterocycles. The average Bonchev–Trinajstić information content (AvgIpc) is 3.18. The second-order valence-electron chi connectivity index (χ2n) is 11.3. The first-order valence-corrected chi connectivity index (χ1v) is 18.0. The summed E-state index contributed by atoms with van der Waals surface area (Å²) < 4.78 is 70.9. The molecule has 0 atom stereocenters. The van der Waals surface area contributed by atoms with E-state index in [9.17, 15) is 27.2 Å². The fraction of sp³-hybridized carbons (Fsp3) is 0.100. The molecule has 0 radical (unpaired) electrons. The van der Waals surface area contributed by atoms with Gasteiger partial charge in [0.2, 0.25) is 0 Å². The zero-order chi connectivity index (χ0) is 40.0. The topological polar surface area (TPSA) is 135 Å². The molecule has 0 saturated heterocycles. The van der Waals surface area contributed by atoms with E-state index in [-0.39, 0.29) is 60.9 Å². The number of amides is 2. The van der Waals surface area contributed by atoms with Gasteiger partial charge in [0, 0.05) is 33.0 Å². The Hall–Kier alpha value is -5.84. The molecule has 3 N–H and O–H groups in total. The van der Waals surface area contributed by atoms with Crippen LogP contribution in [0.25, 0.3) is 22.3 Å². The fourth-order valence-electron chi connectivity index (χ4n) is 4.87. The molecule has 0 aliphatic heterocycles. The summed E-state index contributed by atoms with van der Waals surface area (Å²) in [7, 11) is 0. The molecule has 2 heterocycles. The predicted octanol–water partition coefficient (Wildman–Crippen LogP) is 8.88. The number of hydroxylamine groups is 1. The lowest BCUT2D eigenvalue weighted by Gasteiger charge is -2.14. The van der Waals surface area contributed by atoms with Gasteiger partial charge in [-0.05, 0) is 89.5 Å². The molecule has 0 fully saturated rings. The summed E-state index contributed by atoms with van der Waals surface area (Å²) in [6.07, 6.45) is 2.90. The number of hydrogen-bond acceptors (Lipinski definition) is 8. The van der Waals surface area contributed by atoms with Gasteiger partial charge in [-0.25, -0.2) is 28.0 Å². The molecular formula is C40H30Br2F4N4O6. The molecule has 0 bridgehead atoms. The number of carbonyl (C=O) groups excluding carboxylic acids is 2. The van der Waals surface area contributed by atoms with Gasteiger partial charge in [-0.15, -0.1) is 0 Å². The van der Waals surface area contributed by atoms with Gasteiger partial charge in [-0.1, -0.05) is 56.1 Å². The summed E-state index contributed by atoms with van der Waals surface area (Å²) >= 11 is 6.42. The highest BCUT2D eigenvalue weighted by atomic mass is 79.9. The highest BCUT2D eigenvalue weighted by Gasteiger charge is 2.18. The first-order valence-electron chi connectivity index (χ1n) is 16.4. The number of hydrogen-bond donors (Lipinski definition) is 2. The standard InChI is InChI=1S/2C20H15BrF2N2O3/c21-15-3-6-17(23)19(12-15)27-9-10-28-25-20(26)18-11-14(7-8-24-18)13-1-4-16(22)5-2-13;21-13-9-15(23)11-16(10-13)27-7-8-28-19-17(5-6-25-18(19)20(24)26)12-1-3-14(22)4-2-12/h1-8,11-12H,9-10H2,(H,25,26);1-6,9-11H,7-8H2,(H2,24,26). The van der Waals surface area contributed by atoms with Gasteiger partial charge < -0.3 is 19.9 Å². The second-order valence-corrected chi connectivity index (χ2v) is 13.2. The van der Waals surface area contributed by atoms with Crippen molar-refractivity contribution in [2.24, 2.45) is 5.73 Å². The normalized spacial score (nSPS) is 10.5. The Labute approximate surface area is 334 Å². The van der Waals surface area contributed by atoms with Crippen LogP contribution in [0.1, 0.15) is 21.0 Å². The molecule has 0 aliphatic carbocycles. The maximum Gasteiger partial charge on any atom is 0.293 e. The first kappa shape index (κ1) is 41.3. The molecule has 0 aliphatic rings. The molecule has 6 aromatic rings. The fourth-order valence-corrected chi connectivity index (χ4v) is 5.65. The smallest absolute Gasteiger partial charge is 0.293 e. The third kappa shape index (κ3) is 12.1. The zero-order valence-corrected chi connectivity index (χ0v) is 32.2. The Balaban J connectivity index is 0.000000214. The van der Waals surface area contributed by atoms with Crippen LogP contribution in [0.2, 0.25) is 0 Å². The quantitative estimate of drug-likeness (QED) is 0.0630. The van der Waals surface area contributed by atoms with Crippen molar-refractivity contribution in [1.82, 2.24) is 15.4 Å². The number of ether oxygens (including phenoxy) is 3. The van der Waals surface area contributed by atoms with E-state index in [1.165, 1.54) is 60.9 Å². The summed E-state index contributed by atoms with van der Waals surface area (Å²) in [6.45, 7) is 0.187. The maximum absolute atomic E-state index is 13.5. The molecule has 0 saturated carbocycles. The number of rotatable bonds is 14. The van der Waals surface area contributed by atoms with Crippen LogP contribution in [-0.2, 0) is 4.84 Å². The maximum atomic E-state index is 13.5. The van der Waals surface area contributed by atoms with Crippen molar-refractivity contribution < 1.29 is 46.2 Å². The van der Waals surface area contributed by atoms with Crippen molar-refractivity contribution in [3.63, 3.8) is 0 Å². The van der Waals surface area contributed by atoms with Crippen LogP contribution in [0.5, 0.6) is 17.2 Å². The van der Waals surface area contributed by atoms with Crippen molar-refractivity contribution in [3.05, 3.63) is 159 Å². The van der Waals surface area contributed by atoms with E-state index in [0.717, 1.165) is 5.56 Å². The number of primary amides is 1. The third-order valence-corrected chi connectivity index (χ3v) is 8.35. The number of nitrogens with zero attached hydrogens (tertiary/aromatic N) is 2. The summed E-state index contributed by atoms with van der Waals surface area (Å²) in [5.41, 5.74) is 10.4. The van der Waals surface area contributed by atoms with Crippen LogP contribution in [-0.4, -0.2) is 48.2 Å². The molecule has 0 unspecified atom stereocenters. The Morgan fingerprint density at radius 3 is 1.98 bits per heavy atom. The summed E-state index contributed by atoms with van der Waals surface area (Å²) in [6, 6.07) is 25.1.